The second-order valence-corrected chi connectivity index (χ2v) is 5.60. The van der Waals surface area contributed by atoms with Crippen LogP contribution in [0.1, 0.15) is 21.6 Å². The van der Waals surface area contributed by atoms with Gasteiger partial charge in [-0.1, -0.05) is 6.07 Å². The Morgan fingerprint density at radius 2 is 1.85 bits per heavy atom. The molecule has 0 atom stereocenters. The molecular formula is C20H15N3O3. The molecule has 0 aliphatic rings. The lowest BCUT2D eigenvalue weighted by Crippen LogP contribution is -2.23. The van der Waals surface area contributed by atoms with Crippen molar-refractivity contribution in [2.24, 2.45) is 0 Å². The maximum absolute atomic E-state index is 12.2. The summed E-state index contributed by atoms with van der Waals surface area (Å²) in [6, 6.07) is 18.7. The van der Waals surface area contributed by atoms with Crippen LogP contribution in [-0.2, 0) is 0 Å². The molecule has 2 N–H and O–H groups in total. The molecule has 1 amide bonds. The van der Waals surface area contributed by atoms with Gasteiger partial charge in [-0.25, -0.2) is 0 Å². The van der Waals surface area contributed by atoms with E-state index in [9.17, 15) is 9.59 Å². The highest BCUT2D eigenvalue weighted by Crippen LogP contribution is 2.23. The van der Waals surface area contributed by atoms with Gasteiger partial charge in [0.2, 0.25) is 0 Å². The van der Waals surface area contributed by atoms with E-state index in [4.69, 9.17) is 10.00 Å². The van der Waals surface area contributed by atoms with Gasteiger partial charge in [0.25, 0.3) is 11.5 Å². The topological polar surface area (TPSA) is 95.0 Å². The third-order valence-electron chi connectivity index (χ3n) is 3.61. The number of H-pyrrole nitrogens is 1. The number of aryl methyl sites for hydroxylation is 1. The molecule has 6 nitrogen and oxygen atoms in total. The van der Waals surface area contributed by atoms with Crippen molar-refractivity contribution in [1.29, 1.82) is 5.26 Å². The second-order valence-electron chi connectivity index (χ2n) is 5.60. The summed E-state index contributed by atoms with van der Waals surface area (Å²) in [6.45, 7) is 1.74. The number of anilines is 1. The fourth-order valence-electron chi connectivity index (χ4n) is 2.32. The van der Waals surface area contributed by atoms with Crippen LogP contribution in [0.25, 0.3) is 0 Å². The highest BCUT2D eigenvalue weighted by molar-refractivity contribution is 6.04. The van der Waals surface area contributed by atoms with E-state index < -0.39 is 11.5 Å². The number of aromatic amines is 1. The lowest BCUT2D eigenvalue weighted by atomic mass is 10.2. The summed E-state index contributed by atoms with van der Waals surface area (Å²) in [5, 5.41) is 11.6. The quantitative estimate of drug-likeness (QED) is 0.755. The van der Waals surface area contributed by atoms with E-state index in [-0.39, 0.29) is 5.56 Å². The maximum Gasteiger partial charge on any atom is 0.261 e. The van der Waals surface area contributed by atoms with Crippen LogP contribution in [0.3, 0.4) is 0 Å². The van der Waals surface area contributed by atoms with Crippen molar-refractivity contribution in [3.05, 3.63) is 87.8 Å². The molecule has 0 spiro atoms. The molecule has 0 saturated heterocycles. The molecule has 1 heterocycles. The number of amides is 1. The van der Waals surface area contributed by atoms with Gasteiger partial charge in [0.15, 0.2) is 0 Å². The average Bonchev–Trinajstić information content (AvgIpc) is 2.63. The largest absolute Gasteiger partial charge is 0.457 e. The molecule has 0 saturated carbocycles. The highest BCUT2D eigenvalue weighted by Gasteiger charge is 2.10. The van der Waals surface area contributed by atoms with Crippen molar-refractivity contribution in [2.75, 3.05) is 5.32 Å². The lowest BCUT2D eigenvalue weighted by Gasteiger charge is -2.08. The molecule has 0 bridgehead atoms. The van der Waals surface area contributed by atoms with E-state index in [1.807, 2.05) is 0 Å². The van der Waals surface area contributed by atoms with Crippen LogP contribution in [0, 0.1) is 18.3 Å². The van der Waals surface area contributed by atoms with Crippen molar-refractivity contribution in [2.45, 2.75) is 6.92 Å². The van der Waals surface area contributed by atoms with Crippen LogP contribution in [0.15, 0.2) is 65.5 Å². The monoisotopic (exact) mass is 345 g/mol. The van der Waals surface area contributed by atoms with Gasteiger partial charge in [-0.3, -0.25) is 9.59 Å². The Labute approximate surface area is 149 Å². The Bertz CT molecular complexity index is 1050. The number of nitrogens with one attached hydrogen (secondary N) is 2. The Morgan fingerprint density at radius 1 is 1.08 bits per heavy atom. The number of nitriles is 1. The zero-order valence-corrected chi connectivity index (χ0v) is 13.9. The van der Waals surface area contributed by atoms with Gasteiger partial charge in [0, 0.05) is 11.4 Å². The zero-order chi connectivity index (χ0) is 18.5. The third kappa shape index (κ3) is 3.97. The number of rotatable bonds is 4. The van der Waals surface area contributed by atoms with Gasteiger partial charge >= 0.3 is 0 Å². The fraction of sp³-hybridized carbons (Fsp3) is 0.0500. The van der Waals surface area contributed by atoms with Gasteiger partial charge in [-0.2, -0.15) is 5.26 Å². The van der Waals surface area contributed by atoms with Gasteiger partial charge in [0.1, 0.15) is 17.1 Å². The van der Waals surface area contributed by atoms with Gasteiger partial charge < -0.3 is 15.0 Å². The molecule has 6 heteroatoms. The van der Waals surface area contributed by atoms with E-state index in [0.717, 1.165) is 0 Å². The Balaban J connectivity index is 1.70. The van der Waals surface area contributed by atoms with E-state index >= 15 is 0 Å². The van der Waals surface area contributed by atoms with Gasteiger partial charge in [-0.15, -0.1) is 0 Å². The van der Waals surface area contributed by atoms with Crippen LogP contribution < -0.4 is 15.6 Å². The second kappa shape index (κ2) is 7.36. The fourth-order valence-corrected chi connectivity index (χ4v) is 2.32. The number of hydrogen-bond donors (Lipinski definition) is 2. The van der Waals surface area contributed by atoms with Crippen LogP contribution >= 0.6 is 0 Å². The SMILES string of the molecule is Cc1ccc(C(=O)Nc2ccc(Oc3cccc(C#N)c3)cc2)c(=O)[nH]1. The molecule has 128 valence electrons. The van der Waals surface area contributed by atoms with Crippen molar-refractivity contribution in [1.82, 2.24) is 4.98 Å². The summed E-state index contributed by atoms with van der Waals surface area (Å²) < 4.78 is 5.68. The van der Waals surface area contributed by atoms with E-state index in [1.165, 1.54) is 6.07 Å². The first-order valence-corrected chi connectivity index (χ1v) is 7.84. The van der Waals surface area contributed by atoms with E-state index in [0.29, 0.717) is 28.4 Å². The molecule has 3 aromatic rings. The van der Waals surface area contributed by atoms with Crippen molar-refractivity contribution >= 4 is 11.6 Å². The first-order valence-electron chi connectivity index (χ1n) is 7.84. The summed E-state index contributed by atoms with van der Waals surface area (Å²) in [5.74, 6) is 0.625. The van der Waals surface area contributed by atoms with Crippen LogP contribution in [0.2, 0.25) is 0 Å². The third-order valence-corrected chi connectivity index (χ3v) is 3.61. The first kappa shape index (κ1) is 17.0. The molecular weight excluding hydrogens is 330 g/mol. The zero-order valence-electron chi connectivity index (χ0n) is 13.9. The number of hydrogen-bond acceptors (Lipinski definition) is 4. The Morgan fingerprint density at radius 3 is 2.54 bits per heavy atom. The summed E-state index contributed by atoms with van der Waals surface area (Å²) in [5.41, 5.74) is 1.35. The number of nitrogens with zero attached hydrogens (tertiary/aromatic N) is 1. The Kier molecular flexibility index (Phi) is 4.81. The van der Waals surface area contributed by atoms with Gasteiger partial charge in [-0.05, 0) is 61.5 Å². The minimum Gasteiger partial charge on any atom is -0.457 e. The first-order chi connectivity index (χ1) is 12.5. The summed E-state index contributed by atoms with van der Waals surface area (Å²) >= 11 is 0. The molecule has 3 rings (SSSR count). The molecule has 0 unspecified atom stereocenters. The molecule has 0 fully saturated rings. The Hall–Kier alpha value is -3.85. The molecule has 2 aromatic carbocycles. The van der Waals surface area contributed by atoms with Crippen molar-refractivity contribution in [3.63, 3.8) is 0 Å². The van der Waals surface area contributed by atoms with Crippen LogP contribution in [0.5, 0.6) is 11.5 Å². The molecule has 26 heavy (non-hydrogen) atoms. The number of ether oxygens (including phenoxy) is 1. The summed E-state index contributed by atoms with van der Waals surface area (Å²) in [6.07, 6.45) is 0. The summed E-state index contributed by atoms with van der Waals surface area (Å²) in [7, 11) is 0. The number of pyridine rings is 1. The minimum absolute atomic E-state index is 0.0456. The number of carbonyl (C=O) groups is 1. The van der Waals surface area contributed by atoms with E-state index in [2.05, 4.69) is 16.4 Å². The van der Waals surface area contributed by atoms with E-state index in [1.54, 1.807) is 61.5 Å². The molecule has 0 radical (unpaired) electrons. The lowest BCUT2D eigenvalue weighted by molar-refractivity contribution is 0.102. The normalized spacial score (nSPS) is 10.0. The average molecular weight is 345 g/mol. The molecule has 0 aliphatic heterocycles. The number of carbonyl (C=O) groups excluding carboxylic acids is 1. The van der Waals surface area contributed by atoms with Gasteiger partial charge in [0.05, 0.1) is 11.6 Å². The van der Waals surface area contributed by atoms with Crippen LogP contribution in [-0.4, -0.2) is 10.9 Å². The number of aromatic nitrogens is 1. The molecule has 1 aromatic heterocycles. The maximum atomic E-state index is 12.2. The van der Waals surface area contributed by atoms with Crippen LogP contribution in [0.4, 0.5) is 5.69 Å². The predicted octanol–water partition coefficient (Wildman–Crippen LogP) is 3.60. The minimum atomic E-state index is -0.485. The van der Waals surface area contributed by atoms with Crippen molar-refractivity contribution < 1.29 is 9.53 Å². The molecule has 0 aliphatic carbocycles. The number of benzene rings is 2. The summed E-state index contributed by atoms with van der Waals surface area (Å²) in [4.78, 5) is 26.6. The standard InChI is InChI=1S/C20H15N3O3/c1-13-5-10-18(19(24)22-13)20(25)23-15-6-8-16(9-7-15)26-17-4-2-3-14(11-17)12-21/h2-11H,1H3,(H,22,24)(H,23,25). The smallest absolute Gasteiger partial charge is 0.261 e. The highest BCUT2D eigenvalue weighted by atomic mass is 16.5. The van der Waals surface area contributed by atoms with Crippen molar-refractivity contribution in [3.8, 4) is 17.6 Å². The predicted molar refractivity (Wildman–Crippen MR) is 97.4 cm³/mol.